The maximum Gasteiger partial charge on any atom is 0.325 e. The molecular formula is C16H23NO4. The van der Waals surface area contributed by atoms with Crippen LogP contribution in [-0.2, 0) is 19.1 Å². The van der Waals surface area contributed by atoms with Gasteiger partial charge < -0.3 is 10.1 Å². The Hall–Kier alpha value is -1.39. The molecule has 5 nitrogen and oxygen atoms in total. The molecule has 0 heterocycles. The molecule has 4 bridgehead atoms. The summed E-state index contributed by atoms with van der Waals surface area (Å²) in [5.74, 6) is 1.38. The molecule has 1 amide bonds. The molecule has 0 aromatic rings. The summed E-state index contributed by atoms with van der Waals surface area (Å²) >= 11 is 0. The van der Waals surface area contributed by atoms with Gasteiger partial charge in [-0.25, -0.2) is 0 Å². The molecule has 1 N–H and O–H groups in total. The Morgan fingerprint density at radius 1 is 1.05 bits per heavy atom. The molecule has 4 aliphatic rings. The number of amides is 1. The van der Waals surface area contributed by atoms with Gasteiger partial charge in [0.2, 0.25) is 5.91 Å². The van der Waals surface area contributed by atoms with Gasteiger partial charge in [0.25, 0.3) is 0 Å². The summed E-state index contributed by atoms with van der Waals surface area (Å²) in [7, 11) is 0. The number of rotatable bonds is 5. The average Bonchev–Trinajstić information content (AvgIpc) is 2.41. The fourth-order valence-electron chi connectivity index (χ4n) is 4.96. The van der Waals surface area contributed by atoms with Gasteiger partial charge in [-0.1, -0.05) is 0 Å². The maximum atomic E-state index is 12.6. The SMILES string of the molecule is CC(=O)COC(=O)CNC(=O)C12CC3CC(CC(C3)C1)C2. The topological polar surface area (TPSA) is 72.5 Å². The van der Waals surface area contributed by atoms with Crippen molar-refractivity contribution < 1.29 is 19.1 Å². The maximum absolute atomic E-state index is 12.6. The minimum absolute atomic E-state index is 0.0152. The summed E-state index contributed by atoms with van der Waals surface area (Å²) in [6.45, 7) is 1.02. The van der Waals surface area contributed by atoms with Gasteiger partial charge in [0.1, 0.15) is 13.2 Å². The Balaban J connectivity index is 1.53. The standard InChI is InChI=1S/C16H23NO4/c1-10(18)9-21-14(19)8-17-15(20)16-5-11-2-12(6-16)4-13(3-11)7-16/h11-13H,2-9H2,1H3,(H,17,20). The molecule has 0 spiro atoms. The molecule has 0 unspecified atom stereocenters. The number of carbonyl (C=O) groups excluding carboxylic acids is 3. The third-order valence-electron chi connectivity index (χ3n) is 5.35. The summed E-state index contributed by atoms with van der Waals surface area (Å²) in [5, 5.41) is 2.74. The van der Waals surface area contributed by atoms with E-state index < -0.39 is 5.97 Å². The molecule has 116 valence electrons. The van der Waals surface area contributed by atoms with Gasteiger partial charge in [-0.15, -0.1) is 0 Å². The minimum Gasteiger partial charge on any atom is -0.456 e. The molecule has 4 rings (SSSR count). The third-order valence-corrected chi connectivity index (χ3v) is 5.35. The Morgan fingerprint density at radius 2 is 1.57 bits per heavy atom. The van der Waals surface area contributed by atoms with Crippen LogP contribution in [0.1, 0.15) is 45.4 Å². The first-order valence-electron chi connectivity index (χ1n) is 7.90. The molecule has 0 atom stereocenters. The first-order chi connectivity index (χ1) is 9.97. The molecular weight excluding hydrogens is 270 g/mol. The Labute approximate surface area is 124 Å². The fourth-order valence-corrected chi connectivity index (χ4v) is 4.96. The van der Waals surface area contributed by atoms with E-state index in [-0.39, 0.29) is 30.3 Å². The summed E-state index contributed by atoms with van der Waals surface area (Å²) in [5.41, 5.74) is -0.240. The van der Waals surface area contributed by atoms with Crippen LogP contribution >= 0.6 is 0 Å². The summed E-state index contributed by atoms with van der Waals surface area (Å²) in [4.78, 5) is 34.8. The van der Waals surface area contributed by atoms with Crippen LogP contribution in [0.25, 0.3) is 0 Å². The van der Waals surface area contributed by atoms with Gasteiger partial charge in [0.15, 0.2) is 5.78 Å². The number of hydrogen-bond donors (Lipinski definition) is 1. The smallest absolute Gasteiger partial charge is 0.325 e. The molecule has 4 saturated carbocycles. The van der Waals surface area contributed by atoms with Gasteiger partial charge >= 0.3 is 5.97 Å². The van der Waals surface area contributed by atoms with Crippen LogP contribution in [0.2, 0.25) is 0 Å². The lowest BCUT2D eigenvalue weighted by molar-refractivity contribution is -0.152. The van der Waals surface area contributed by atoms with E-state index in [0.29, 0.717) is 17.8 Å². The van der Waals surface area contributed by atoms with Crippen molar-refractivity contribution >= 4 is 17.7 Å². The summed E-state index contributed by atoms with van der Waals surface area (Å²) in [6, 6.07) is 0. The van der Waals surface area contributed by atoms with Crippen LogP contribution in [-0.4, -0.2) is 30.8 Å². The highest BCUT2D eigenvalue weighted by atomic mass is 16.5. The van der Waals surface area contributed by atoms with Crippen molar-refractivity contribution in [3.63, 3.8) is 0 Å². The van der Waals surface area contributed by atoms with Crippen molar-refractivity contribution in [2.75, 3.05) is 13.2 Å². The molecule has 4 fully saturated rings. The summed E-state index contributed by atoms with van der Waals surface area (Å²) in [6.07, 6.45) is 6.79. The lowest BCUT2D eigenvalue weighted by Gasteiger charge is -2.55. The van der Waals surface area contributed by atoms with E-state index in [9.17, 15) is 14.4 Å². The van der Waals surface area contributed by atoms with Crippen molar-refractivity contribution in [3.05, 3.63) is 0 Å². The van der Waals surface area contributed by atoms with Crippen molar-refractivity contribution in [2.24, 2.45) is 23.2 Å². The fraction of sp³-hybridized carbons (Fsp3) is 0.812. The highest BCUT2D eigenvalue weighted by Crippen LogP contribution is 2.60. The van der Waals surface area contributed by atoms with E-state index in [0.717, 1.165) is 19.3 Å². The third kappa shape index (κ3) is 2.97. The van der Waals surface area contributed by atoms with E-state index in [1.807, 2.05) is 0 Å². The number of ketones is 1. The van der Waals surface area contributed by atoms with Gasteiger partial charge in [0, 0.05) is 5.41 Å². The molecule has 0 aromatic carbocycles. The molecule has 0 radical (unpaired) electrons. The van der Waals surface area contributed by atoms with E-state index in [1.54, 1.807) is 0 Å². The van der Waals surface area contributed by atoms with Crippen molar-refractivity contribution in [2.45, 2.75) is 45.4 Å². The Bertz CT molecular complexity index is 436. The van der Waals surface area contributed by atoms with Crippen LogP contribution in [0, 0.1) is 23.2 Å². The second-order valence-corrected chi connectivity index (χ2v) is 7.24. The van der Waals surface area contributed by atoms with Crippen molar-refractivity contribution in [1.82, 2.24) is 5.32 Å². The van der Waals surface area contributed by atoms with Crippen molar-refractivity contribution in [1.29, 1.82) is 0 Å². The number of Topliss-reactive ketones (excluding diaryl/α,β-unsaturated/α-hetero) is 1. The predicted octanol–water partition coefficient (Wildman–Crippen LogP) is 1.45. The zero-order chi connectivity index (χ0) is 15.0. The number of nitrogens with one attached hydrogen (secondary N) is 1. The zero-order valence-corrected chi connectivity index (χ0v) is 12.5. The Morgan fingerprint density at radius 3 is 2.05 bits per heavy atom. The van der Waals surface area contributed by atoms with Gasteiger partial charge in [0.05, 0.1) is 0 Å². The molecule has 5 heteroatoms. The molecule has 4 aliphatic carbocycles. The lowest BCUT2D eigenvalue weighted by Crippen LogP contribution is -2.54. The van der Waals surface area contributed by atoms with Gasteiger partial charge in [-0.05, 0) is 63.2 Å². The lowest BCUT2D eigenvalue weighted by atomic mass is 9.49. The largest absolute Gasteiger partial charge is 0.456 e. The highest BCUT2D eigenvalue weighted by Gasteiger charge is 2.54. The Kier molecular flexibility index (Phi) is 3.76. The molecule has 0 aliphatic heterocycles. The normalized spacial score (nSPS) is 36.3. The first-order valence-corrected chi connectivity index (χ1v) is 7.90. The average molecular weight is 293 g/mol. The second kappa shape index (κ2) is 5.43. The quantitative estimate of drug-likeness (QED) is 0.779. The minimum atomic E-state index is -0.539. The van der Waals surface area contributed by atoms with Crippen LogP contribution in [0.5, 0.6) is 0 Å². The molecule has 0 saturated heterocycles. The molecule has 0 aromatic heterocycles. The summed E-state index contributed by atoms with van der Waals surface area (Å²) < 4.78 is 4.77. The van der Waals surface area contributed by atoms with Gasteiger partial charge in [-0.2, -0.15) is 0 Å². The highest BCUT2D eigenvalue weighted by molar-refractivity contribution is 5.87. The van der Waals surface area contributed by atoms with Crippen LogP contribution < -0.4 is 5.32 Å². The van der Waals surface area contributed by atoms with Crippen LogP contribution in [0.3, 0.4) is 0 Å². The number of ether oxygens (including phenoxy) is 1. The molecule has 21 heavy (non-hydrogen) atoms. The van der Waals surface area contributed by atoms with Crippen molar-refractivity contribution in [3.8, 4) is 0 Å². The first kappa shape index (κ1) is 14.5. The number of hydrogen-bond acceptors (Lipinski definition) is 4. The second-order valence-electron chi connectivity index (χ2n) is 7.24. The van der Waals surface area contributed by atoms with E-state index in [2.05, 4.69) is 5.32 Å². The monoisotopic (exact) mass is 293 g/mol. The van der Waals surface area contributed by atoms with E-state index >= 15 is 0 Å². The van der Waals surface area contributed by atoms with Gasteiger partial charge in [-0.3, -0.25) is 14.4 Å². The van der Waals surface area contributed by atoms with E-state index in [1.165, 1.54) is 26.2 Å². The van der Waals surface area contributed by atoms with Crippen LogP contribution in [0.15, 0.2) is 0 Å². The van der Waals surface area contributed by atoms with E-state index in [4.69, 9.17) is 4.74 Å². The zero-order valence-electron chi connectivity index (χ0n) is 12.5. The van der Waals surface area contributed by atoms with Crippen LogP contribution in [0.4, 0.5) is 0 Å². The number of esters is 1. The number of carbonyl (C=O) groups is 3. The predicted molar refractivity (Wildman–Crippen MR) is 75.3 cm³/mol.